The molecule has 0 amide bonds. The van der Waals surface area contributed by atoms with Crippen molar-refractivity contribution in [1.82, 2.24) is 0 Å². The van der Waals surface area contributed by atoms with Crippen molar-refractivity contribution in [3.8, 4) is 0 Å². The zero-order valence-electron chi connectivity index (χ0n) is 12.2. The fourth-order valence-electron chi connectivity index (χ4n) is 2.12. The smallest absolute Gasteiger partial charge is 0.209 e. The summed E-state index contributed by atoms with van der Waals surface area (Å²) in [5.74, 6) is 0. The fraction of sp³-hybridized carbons (Fsp3) is 0.0588. The van der Waals surface area contributed by atoms with Crippen LogP contribution in [0.2, 0.25) is 0 Å². The van der Waals surface area contributed by atoms with Gasteiger partial charge in [-0.15, -0.1) is 22.7 Å². The maximum absolute atomic E-state index is 13.2. The Kier molecular flexibility index (Phi) is 5.05. The van der Waals surface area contributed by atoms with Crippen molar-refractivity contribution in [2.45, 2.75) is 11.8 Å². The van der Waals surface area contributed by atoms with Gasteiger partial charge in [0.1, 0.15) is 4.91 Å². The van der Waals surface area contributed by atoms with Crippen molar-refractivity contribution in [3.05, 3.63) is 74.6 Å². The zero-order chi connectivity index (χ0) is 16.4. The molecule has 3 aromatic rings. The predicted octanol–water partition coefficient (Wildman–Crippen LogP) is 5.85. The summed E-state index contributed by atoms with van der Waals surface area (Å²) in [6.45, 7) is 1.95. The highest BCUT2D eigenvalue weighted by atomic mass is 127. The van der Waals surface area contributed by atoms with Crippen LogP contribution >= 0.6 is 45.3 Å². The van der Waals surface area contributed by atoms with Crippen LogP contribution in [0.1, 0.15) is 15.3 Å². The van der Waals surface area contributed by atoms with E-state index in [1.807, 2.05) is 54.1 Å². The van der Waals surface area contributed by atoms with Gasteiger partial charge in [-0.1, -0.05) is 29.8 Å². The van der Waals surface area contributed by atoms with Gasteiger partial charge in [0.15, 0.2) is 0 Å². The van der Waals surface area contributed by atoms with Crippen molar-refractivity contribution in [1.29, 1.82) is 0 Å². The first kappa shape index (κ1) is 16.9. The number of aryl methyl sites for hydroxylation is 1. The lowest BCUT2D eigenvalue weighted by molar-refractivity contribution is 0.606. The zero-order valence-corrected chi connectivity index (χ0v) is 16.8. The first-order valence-electron chi connectivity index (χ1n) is 6.79. The van der Waals surface area contributed by atoms with Crippen LogP contribution in [0.3, 0.4) is 0 Å². The van der Waals surface area contributed by atoms with Crippen molar-refractivity contribution < 1.29 is 8.42 Å². The minimum absolute atomic E-state index is 0.331. The first-order chi connectivity index (χ1) is 11.0. The molecule has 0 fully saturated rings. The molecule has 0 bridgehead atoms. The Labute approximate surface area is 157 Å². The highest BCUT2D eigenvalue weighted by Gasteiger charge is 2.27. The molecule has 118 valence electrons. The molecular weight excluding hydrogens is 459 g/mol. The van der Waals surface area contributed by atoms with Crippen molar-refractivity contribution in [3.63, 3.8) is 0 Å². The molecule has 0 saturated carbocycles. The minimum atomic E-state index is -3.58. The van der Waals surface area contributed by atoms with E-state index in [9.17, 15) is 8.42 Å². The van der Waals surface area contributed by atoms with Gasteiger partial charge in [0.2, 0.25) is 9.84 Å². The maximum Gasteiger partial charge on any atom is 0.209 e. The largest absolute Gasteiger partial charge is 0.218 e. The number of sulfone groups is 1. The second-order valence-electron chi connectivity index (χ2n) is 4.91. The van der Waals surface area contributed by atoms with Crippen LogP contribution in [0, 0.1) is 6.92 Å². The van der Waals surface area contributed by atoms with E-state index >= 15 is 0 Å². The fourth-order valence-corrected chi connectivity index (χ4v) is 7.30. The summed E-state index contributed by atoms with van der Waals surface area (Å²) in [6, 6.07) is 14.6. The van der Waals surface area contributed by atoms with E-state index in [0.29, 0.717) is 9.80 Å². The molecule has 2 heterocycles. The number of hydrogen-bond donors (Lipinski definition) is 0. The predicted molar refractivity (Wildman–Crippen MR) is 108 cm³/mol. The van der Waals surface area contributed by atoms with Crippen molar-refractivity contribution in [2.75, 3.05) is 0 Å². The van der Waals surface area contributed by atoms with Crippen molar-refractivity contribution >= 4 is 63.6 Å². The average Bonchev–Trinajstić information content (AvgIpc) is 3.21. The Hall–Kier alpha value is -0.960. The molecule has 0 unspecified atom stereocenters. The van der Waals surface area contributed by atoms with Gasteiger partial charge in [-0.3, -0.25) is 0 Å². The van der Waals surface area contributed by atoms with Gasteiger partial charge in [0.25, 0.3) is 0 Å². The molecule has 3 rings (SSSR count). The van der Waals surface area contributed by atoms with Gasteiger partial charge in [0.05, 0.1) is 8.48 Å². The molecule has 0 atom stereocenters. The summed E-state index contributed by atoms with van der Waals surface area (Å²) >= 11 is 5.13. The second kappa shape index (κ2) is 6.88. The van der Waals surface area contributed by atoms with E-state index < -0.39 is 9.84 Å². The molecule has 0 aliphatic carbocycles. The molecule has 2 aromatic heterocycles. The van der Waals surface area contributed by atoms with Crippen molar-refractivity contribution in [2.24, 2.45) is 0 Å². The Bertz CT molecular complexity index is 920. The van der Waals surface area contributed by atoms with Gasteiger partial charge in [-0.25, -0.2) is 8.42 Å². The monoisotopic (exact) mass is 472 g/mol. The van der Waals surface area contributed by atoms with E-state index in [4.69, 9.17) is 0 Å². The standard InChI is InChI=1S/C17H13IO2S3/c1-12-6-8-13(9-7-12)23(19,20)17(15-5-3-11-22-15)16(18)14-4-2-10-21-14/h2-11H,1H3/b17-16+. The highest BCUT2D eigenvalue weighted by Crippen LogP contribution is 2.41. The molecule has 1 aromatic carbocycles. The van der Waals surface area contributed by atoms with Gasteiger partial charge in [0, 0.05) is 9.75 Å². The summed E-state index contributed by atoms with van der Waals surface area (Å²) in [5, 5.41) is 3.86. The number of rotatable bonds is 4. The number of benzene rings is 1. The van der Waals surface area contributed by atoms with E-state index in [0.717, 1.165) is 18.9 Å². The van der Waals surface area contributed by atoms with Gasteiger partial charge >= 0.3 is 0 Å². The molecule has 0 aliphatic heterocycles. The molecule has 2 nitrogen and oxygen atoms in total. The topological polar surface area (TPSA) is 34.1 Å². The SMILES string of the molecule is Cc1ccc(S(=O)(=O)/C(=C(/I)c2cccs2)c2cccs2)cc1. The van der Waals surface area contributed by atoms with E-state index in [2.05, 4.69) is 22.6 Å². The molecule has 0 N–H and O–H groups in total. The average molecular weight is 472 g/mol. The van der Waals surface area contributed by atoms with Gasteiger partial charge in [-0.05, 0) is 64.5 Å². The quantitative estimate of drug-likeness (QED) is 0.447. The summed E-state index contributed by atoms with van der Waals surface area (Å²) in [5.41, 5.74) is 1.04. The lowest BCUT2D eigenvalue weighted by atomic mass is 10.2. The number of halogens is 1. The van der Waals surface area contributed by atoms with Crippen LogP contribution in [0.5, 0.6) is 0 Å². The lowest BCUT2D eigenvalue weighted by Gasteiger charge is -2.11. The molecule has 23 heavy (non-hydrogen) atoms. The van der Waals surface area contributed by atoms with Crippen LogP contribution in [-0.2, 0) is 9.84 Å². The third kappa shape index (κ3) is 3.45. The minimum Gasteiger partial charge on any atom is -0.218 e. The summed E-state index contributed by atoms with van der Waals surface area (Å²) in [6.07, 6.45) is 0. The second-order valence-corrected chi connectivity index (χ2v) is 9.77. The molecule has 6 heteroatoms. The van der Waals surface area contributed by atoms with Crippen LogP contribution in [0.15, 0.2) is 64.2 Å². The third-order valence-electron chi connectivity index (χ3n) is 3.28. The number of thiophene rings is 2. The van der Waals surface area contributed by atoms with Crippen LogP contribution in [0.25, 0.3) is 8.48 Å². The van der Waals surface area contributed by atoms with E-state index in [1.165, 1.54) is 11.3 Å². The summed E-state index contributed by atoms with van der Waals surface area (Å²) < 4.78 is 27.2. The molecule has 0 aliphatic rings. The molecule has 0 radical (unpaired) electrons. The summed E-state index contributed by atoms with van der Waals surface area (Å²) in [7, 11) is -3.58. The molecular formula is C17H13IO2S3. The molecule has 0 spiro atoms. The van der Waals surface area contributed by atoms with Crippen LogP contribution in [-0.4, -0.2) is 8.42 Å². The molecule has 0 saturated heterocycles. The van der Waals surface area contributed by atoms with E-state index in [1.54, 1.807) is 23.5 Å². The Balaban J connectivity index is 2.24. The summed E-state index contributed by atoms with van der Waals surface area (Å²) in [4.78, 5) is 2.45. The Morgan fingerprint density at radius 1 is 0.913 bits per heavy atom. The number of hydrogen-bond acceptors (Lipinski definition) is 4. The first-order valence-corrected chi connectivity index (χ1v) is 11.1. The Morgan fingerprint density at radius 2 is 1.48 bits per heavy atom. The maximum atomic E-state index is 13.2. The highest BCUT2D eigenvalue weighted by molar-refractivity contribution is 14.1. The lowest BCUT2D eigenvalue weighted by Crippen LogP contribution is -2.04. The van der Waals surface area contributed by atoms with Crippen LogP contribution < -0.4 is 0 Å². The third-order valence-corrected chi connectivity index (χ3v) is 8.89. The van der Waals surface area contributed by atoms with Gasteiger partial charge in [-0.2, -0.15) is 0 Å². The van der Waals surface area contributed by atoms with Gasteiger partial charge < -0.3 is 0 Å². The van der Waals surface area contributed by atoms with Crippen LogP contribution in [0.4, 0.5) is 0 Å². The van der Waals surface area contributed by atoms with E-state index in [-0.39, 0.29) is 0 Å². The Morgan fingerprint density at radius 3 is 2.00 bits per heavy atom. The normalized spacial score (nSPS) is 13.0.